The predicted octanol–water partition coefficient (Wildman–Crippen LogP) is 7.42. The maximum absolute atomic E-state index is 13.0. The van der Waals surface area contributed by atoms with Gasteiger partial charge in [-0.15, -0.1) is 0 Å². The van der Waals surface area contributed by atoms with Crippen molar-refractivity contribution >= 4 is 57.8 Å². The third kappa shape index (κ3) is 6.28. The first-order valence-electron chi connectivity index (χ1n) is 9.29. The molecule has 4 nitrogen and oxygen atoms in total. The largest absolute Gasteiger partial charge is 0.430 e. The van der Waals surface area contributed by atoms with E-state index in [9.17, 15) is 18.0 Å². The highest BCUT2D eigenvalue weighted by molar-refractivity contribution is 6.44. The second kappa shape index (κ2) is 10.3. The van der Waals surface area contributed by atoms with Gasteiger partial charge in [-0.1, -0.05) is 65.1 Å². The number of nitrogens with two attached hydrogens (primary N) is 1. The van der Waals surface area contributed by atoms with Gasteiger partial charge in [0.25, 0.3) is 5.91 Å². The van der Waals surface area contributed by atoms with Crippen LogP contribution in [0.2, 0.25) is 15.1 Å². The van der Waals surface area contributed by atoms with Crippen molar-refractivity contribution in [3.05, 3.63) is 105 Å². The number of aliphatic imine (C=N–C) groups is 1. The molecule has 0 aliphatic heterocycles. The molecule has 3 rings (SSSR count). The lowest BCUT2D eigenvalue weighted by Crippen LogP contribution is -2.21. The number of nitrogens with one attached hydrogen (secondary N) is 1. The van der Waals surface area contributed by atoms with Gasteiger partial charge in [0.05, 0.1) is 32.2 Å². The van der Waals surface area contributed by atoms with E-state index in [0.29, 0.717) is 17.3 Å². The van der Waals surface area contributed by atoms with Crippen LogP contribution in [0.1, 0.15) is 15.9 Å². The van der Waals surface area contributed by atoms with E-state index in [1.807, 2.05) is 0 Å². The Bertz CT molecular complexity index is 1240. The van der Waals surface area contributed by atoms with Gasteiger partial charge in [-0.05, 0) is 42.5 Å². The first-order valence-corrected chi connectivity index (χ1v) is 10.4. The number of hydrogen-bond donors (Lipinski definition) is 2. The number of amides is 1. The first kappa shape index (κ1) is 24.6. The van der Waals surface area contributed by atoms with Crippen LogP contribution in [0, 0.1) is 0 Å². The molecule has 3 aromatic rings. The van der Waals surface area contributed by atoms with Crippen molar-refractivity contribution < 1.29 is 18.0 Å². The number of benzene rings is 3. The zero-order valence-corrected chi connectivity index (χ0v) is 18.9. The predicted molar refractivity (Wildman–Crippen MR) is 127 cm³/mol. The Morgan fingerprint density at radius 2 is 1.48 bits per heavy atom. The van der Waals surface area contributed by atoms with E-state index in [4.69, 9.17) is 40.5 Å². The van der Waals surface area contributed by atoms with Crippen molar-refractivity contribution in [1.29, 1.82) is 0 Å². The molecular weight excluding hydrogens is 498 g/mol. The number of hydrogen-bond acceptors (Lipinski definition) is 3. The van der Waals surface area contributed by atoms with Crippen molar-refractivity contribution in [3.63, 3.8) is 0 Å². The second-order valence-electron chi connectivity index (χ2n) is 6.68. The summed E-state index contributed by atoms with van der Waals surface area (Å²) in [6.07, 6.45) is -4.03. The Balaban J connectivity index is 1.95. The van der Waals surface area contributed by atoms with Gasteiger partial charge >= 0.3 is 6.18 Å². The van der Waals surface area contributed by atoms with E-state index in [1.165, 1.54) is 24.3 Å². The topological polar surface area (TPSA) is 67.5 Å². The molecule has 0 aliphatic carbocycles. The number of rotatable bonds is 5. The van der Waals surface area contributed by atoms with Crippen molar-refractivity contribution in [3.8, 4) is 0 Å². The number of halogens is 6. The van der Waals surface area contributed by atoms with Crippen LogP contribution < -0.4 is 11.1 Å². The van der Waals surface area contributed by atoms with Gasteiger partial charge < -0.3 is 11.1 Å². The normalized spacial score (nSPS) is 12.5. The second-order valence-corrected chi connectivity index (χ2v) is 7.87. The first-order chi connectivity index (χ1) is 15.6. The highest BCUT2D eigenvalue weighted by Crippen LogP contribution is 2.30. The summed E-state index contributed by atoms with van der Waals surface area (Å²) in [5.74, 6) is -0.486. The third-order valence-corrected chi connectivity index (χ3v) is 5.49. The Morgan fingerprint density at radius 3 is 2.12 bits per heavy atom. The smallest absolute Gasteiger partial charge is 0.395 e. The van der Waals surface area contributed by atoms with Crippen LogP contribution in [-0.2, 0) is 0 Å². The third-order valence-electron chi connectivity index (χ3n) is 4.36. The van der Waals surface area contributed by atoms with Crippen LogP contribution >= 0.6 is 34.8 Å². The van der Waals surface area contributed by atoms with Gasteiger partial charge in [0.1, 0.15) is 5.70 Å². The van der Waals surface area contributed by atoms with Crippen molar-refractivity contribution in [2.45, 2.75) is 6.18 Å². The lowest BCUT2D eigenvalue weighted by atomic mass is 10.1. The summed E-state index contributed by atoms with van der Waals surface area (Å²) in [5.41, 5.74) is 4.91. The summed E-state index contributed by atoms with van der Waals surface area (Å²) < 4.78 is 39.1. The fourth-order valence-corrected chi connectivity index (χ4v) is 3.19. The van der Waals surface area contributed by atoms with Crippen LogP contribution in [0.3, 0.4) is 0 Å². The summed E-state index contributed by atoms with van der Waals surface area (Å²) in [6.45, 7) is 0. The van der Waals surface area contributed by atoms with Crippen molar-refractivity contribution in [1.82, 2.24) is 0 Å². The molecule has 0 aromatic heterocycles. The van der Waals surface area contributed by atoms with Crippen LogP contribution in [-0.4, -0.2) is 17.8 Å². The minimum Gasteiger partial charge on any atom is -0.395 e. The molecule has 0 saturated heterocycles. The number of nitrogens with zero attached hydrogens (tertiary/aromatic N) is 1. The molecule has 10 heteroatoms. The quantitative estimate of drug-likeness (QED) is 0.349. The average molecular weight is 513 g/mol. The lowest BCUT2D eigenvalue weighted by Gasteiger charge is -2.10. The van der Waals surface area contributed by atoms with E-state index in [1.54, 1.807) is 42.5 Å². The summed E-state index contributed by atoms with van der Waals surface area (Å²) >= 11 is 18.1. The highest BCUT2D eigenvalue weighted by atomic mass is 35.5. The number of allylic oxidation sites excluding steroid dienone is 2. The molecule has 0 unspecified atom stereocenters. The van der Waals surface area contributed by atoms with Gasteiger partial charge in [-0.3, -0.25) is 4.79 Å². The van der Waals surface area contributed by atoms with E-state index < -0.39 is 17.8 Å². The fourth-order valence-electron chi connectivity index (χ4n) is 2.67. The van der Waals surface area contributed by atoms with E-state index in [0.717, 1.165) is 0 Å². The Morgan fingerprint density at radius 1 is 0.879 bits per heavy atom. The standard InChI is InChI=1S/C23H15Cl3F3N3O/c24-15-4-1-2-6-17(15)31-19(12-20(30)23(27,28)29)13-8-10-14(11-9-13)22(33)32-18-7-3-5-16(25)21(18)26/h1-12H,30H2,(H,32,33). The number of alkyl halides is 3. The van der Waals surface area contributed by atoms with Crippen LogP contribution in [0.15, 0.2) is 83.5 Å². The van der Waals surface area contributed by atoms with Gasteiger partial charge in [0, 0.05) is 11.1 Å². The molecule has 0 heterocycles. The Kier molecular flexibility index (Phi) is 7.68. The molecule has 0 saturated carbocycles. The summed E-state index contributed by atoms with van der Waals surface area (Å²) in [6, 6.07) is 17.0. The summed E-state index contributed by atoms with van der Waals surface area (Å²) in [4.78, 5) is 16.8. The van der Waals surface area contributed by atoms with Gasteiger partial charge in [-0.25, -0.2) is 4.99 Å². The van der Waals surface area contributed by atoms with Crippen LogP contribution in [0.4, 0.5) is 24.5 Å². The molecule has 0 atom stereocenters. The number of para-hydroxylation sites is 1. The monoisotopic (exact) mass is 511 g/mol. The zero-order valence-electron chi connectivity index (χ0n) is 16.6. The van der Waals surface area contributed by atoms with E-state index in [-0.39, 0.29) is 32.0 Å². The maximum Gasteiger partial charge on any atom is 0.430 e. The van der Waals surface area contributed by atoms with Crippen LogP contribution in [0.5, 0.6) is 0 Å². The zero-order chi connectivity index (χ0) is 24.2. The molecule has 170 valence electrons. The highest BCUT2D eigenvalue weighted by Gasteiger charge is 2.31. The van der Waals surface area contributed by atoms with Gasteiger partial charge in [-0.2, -0.15) is 13.2 Å². The molecule has 33 heavy (non-hydrogen) atoms. The molecule has 0 fully saturated rings. The fraction of sp³-hybridized carbons (Fsp3) is 0.0435. The Labute approximate surface area is 202 Å². The summed E-state index contributed by atoms with van der Waals surface area (Å²) in [7, 11) is 0. The molecule has 1 amide bonds. The Hall–Kier alpha value is -3.00. The molecular formula is C23H15Cl3F3N3O. The number of carbonyl (C=O) groups is 1. The minimum absolute atomic E-state index is 0.0808. The maximum atomic E-state index is 13.0. The van der Waals surface area contributed by atoms with E-state index >= 15 is 0 Å². The van der Waals surface area contributed by atoms with Gasteiger partial charge in [0.15, 0.2) is 0 Å². The molecule has 0 bridgehead atoms. The van der Waals surface area contributed by atoms with Gasteiger partial charge in [0.2, 0.25) is 0 Å². The van der Waals surface area contributed by atoms with Crippen molar-refractivity contribution in [2.75, 3.05) is 5.32 Å². The number of carbonyl (C=O) groups excluding carboxylic acids is 1. The van der Waals surface area contributed by atoms with Crippen molar-refractivity contribution in [2.24, 2.45) is 10.7 Å². The average Bonchev–Trinajstić information content (AvgIpc) is 2.77. The molecule has 0 radical (unpaired) electrons. The number of anilines is 1. The molecule has 3 aromatic carbocycles. The van der Waals surface area contributed by atoms with E-state index in [2.05, 4.69) is 10.3 Å². The molecule has 0 spiro atoms. The SMILES string of the molecule is NC(=CC(=Nc1ccccc1Cl)c1ccc(C(=O)Nc2cccc(Cl)c2Cl)cc1)C(F)(F)F. The lowest BCUT2D eigenvalue weighted by molar-refractivity contribution is -0.0925. The summed E-state index contributed by atoms with van der Waals surface area (Å²) in [5, 5.41) is 3.35. The molecule has 0 aliphatic rings. The molecule has 3 N–H and O–H groups in total. The van der Waals surface area contributed by atoms with Crippen LogP contribution in [0.25, 0.3) is 0 Å². The minimum atomic E-state index is -4.74.